The number of anilines is 3. The molecule has 0 spiro atoms. The number of hydrogen-bond acceptors (Lipinski definition) is 8. The molecule has 1 aliphatic rings. The number of nitrogens with zero attached hydrogens (tertiary/aromatic N) is 7. The van der Waals surface area contributed by atoms with Gasteiger partial charge in [0.05, 0.1) is 24.5 Å². The first-order chi connectivity index (χ1) is 12.7. The van der Waals surface area contributed by atoms with Crippen molar-refractivity contribution in [3.63, 3.8) is 0 Å². The van der Waals surface area contributed by atoms with Gasteiger partial charge in [-0.05, 0) is 19.1 Å². The monoisotopic (exact) mass is 352 g/mol. The standard InChI is InChI=1S/C16H16N8O2/c1-10-12(3-2-11(21-10)14-19-9-20-22-14)24-8-13(26)23(6-7-25)15-16(24)18-5-4-17-15/h2-5,9,25H,6-8H2,1H3,(H,19,20,22). The Morgan fingerprint density at radius 3 is 2.69 bits per heavy atom. The van der Waals surface area contributed by atoms with Gasteiger partial charge in [0, 0.05) is 12.4 Å². The minimum absolute atomic E-state index is 0.0931. The van der Waals surface area contributed by atoms with Crippen LogP contribution in [0.25, 0.3) is 11.5 Å². The molecule has 2 N–H and O–H groups in total. The summed E-state index contributed by atoms with van der Waals surface area (Å²) < 4.78 is 0. The number of carbonyl (C=O) groups excluding carboxylic acids is 1. The molecule has 10 heteroatoms. The molecule has 0 saturated carbocycles. The molecule has 0 fully saturated rings. The predicted molar refractivity (Wildman–Crippen MR) is 92.8 cm³/mol. The first-order valence-corrected chi connectivity index (χ1v) is 8.02. The van der Waals surface area contributed by atoms with Crippen LogP contribution >= 0.6 is 0 Å². The van der Waals surface area contributed by atoms with Crippen LogP contribution in [0, 0.1) is 6.92 Å². The third-order valence-corrected chi connectivity index (χ3v) is 4.10. The van der Waals surface area contributed by atoms with Gasteiger partial charge in [-0.15, -0.1) is 0 Å². The number of aromatic amines is 1. The summed E-state index contributed by atoms with van der Waals surface area (Å²) in [5.74, 6) is 1.39. The average Bonchev–Trinajstić information content (AvgIpc) is 3.19. The fourth-order valence-electron chi connectivity index (χ4n) is 2.95. The Kier molecular flexibility index (Phi) is 4.01. The molecule has 132 valence electrons. The maximum absolute atomic E-state index is 12.6. The van der Waals surface area contributed by atoms with E-state index in [1.807, 2.05) is 19.1 Å². The SMILES string of the molecule is Cc1nc(-c2ncn[nH]2)ccc1N1CC(=O)N(CCO)c2nccnc21. The van der Waals surface area contributed by atoms with Crippen molar-refractivity contribution in [3.8, 4) is 11.5 Å². The zero-order chi connectivity index (χ0) is 18.1. The minimum atomic E-state index is -0.161. The van der Waals surface area contributed by atoms with E-state index in [1.54, 1.807) is 11.1 Å². The second kappa shape index (κ2) is 6.48. The van der Waals surface area contributed by atoms with E-state index in [0.717, 1.165) is 11.4 Å². The summed E-state index contributed by atoms with van der Waals surface area (Å²) in [6, 6.07) is 3.68. The highest BCUT2D eigenvalue weighted by Gasteiger charge is 2.32. The van der Waals surface area contributed by atoms with Crippen molar-refractivity contribution in [2.75, 3.05) is 29.5 Å². The molecule has 4 heterocycles. The molecular weight excluding hydrogens is 336 g/mol. The molecule has 0 atom stereocenters. The van der Waals surface area contributed by atoms with Gasteiger partial charge in [-0.25, -0.2) is 19.9 Å². The number of H-pyrrole nitrogens is 1. The predicted octanol–water partition coefficient (Wildman–Crippen LogP) is 0.442. The van der Waals surface area contributed by atoms with Crippen molar-refractivity contribution in [1.82, 2.24) is 30.1 Å². The van der Waals surface area contributed by atoms with Crippen molar-refractivity contribution in [1.29, 1.82) is 0 Å². The molecule has 3 aromatic heterocycles. The fraction of sp³-hybridized carbons (Fsp3) is 0.250. The number of β-amino-alcohol motifs (C(OH)–C–C–N with tert-alkyl or cyclic N) is 1. The Bertz CT molecular complexity index is 943. The second-order valence-electron chi connectivity index (χ2n) is 5.69. The van der Waals surface area contributed by atoms with Gasteiger partial charge in [0.2, 0.25) is 5.91 Å². The summed E-state index contributed by atoms with van der Waals surface area (Å²) in [6.45, 7) is 1.99. The molecule has 0 saturated heterocycles. The first kappa shape index (κ1) is 16.1. The lowest BCUT2D eigenvalue weighted by Crippen LogP contribution is -2.46. The quantitative estimate of drug-likeness (QED) is 0.693. The van der Waals surface area contributed by atoms with Crippen molar-refractivity contribution in [2.24, 2.45) is 0 Å². The van der Waals surface area contributed by atoms with Gasteiger partial charge in [0.1, 0.15) is 18.6 Å². The Morgan fingerprint density at radius 1 is 1.19 bits per heavy atom. The highest BCUT2D eigenvalue weighted by atomic mass is 16.3. The van der Waals surface area contributed by atoms with E-state index in [9.17, 15) is 9.90 Å². The summed E-state index contributed by atoms with van der Waals surface area (Å²) in [5.41, 5.74) is 2.14. The van der Waals surface area contributed by atoms with Crippen LogP contribution in [0.3, 0.4) is 0 Å². The molecule has 10 nitrogen and oxygen atoms in total. The van der Waals surface area contributed by atoms with Crippen LogP contribution in [0.1, 0.15) is 5.69 Å². The number of aliphatic hydroxyl groups is 1. The molecular formula is C16H16N8O2. The number of rotatable bonds is 4. The third kappa shape index (κ3) is 2.65. The minimum Gasteiger partial charge on any atom is -0.395 e. The van der Waals surface area contributed by atoms with Gasteiger partial charge in [0.15, 0.2) is 17.5 Å². The van der Waals surface area contributed by atoms with Crippen LogP contribution in [0.4, 0.5) is 17.3 Å². The number of amides is 1. The summed E-state index contributed by atoms with van der Waals surface area (Å²) in [5, 5.41) is 15.8. The number of aliphatic hydroxyl groups excluding tert-OH is 1. The number of aryl methyl sites for hydroxylation is 1. The molecule has 26 heavy (non-hydrogen) atoms. The number of carbonyl (C=O) groups is 1. The highest BCUT2D eigenvalue weighted by Crippen LogP contribution is 2.36. The number of hydrogen-bond donors (Lipinski definition) is 2. The zero-order valence-electron chi connectivity index (χ0n) is 14.0. The highest BCUT2D eigenvalue weighted by molar-refractivity contribution is 6.03. The van der Waals surface area contributed by atoms with Crippen LogP contribution in [0.5, 0.6) is 0 Å². The van der Waals surface area contributed by atoms with Gasteiger partial charge >= 0.3 is 0 Å². The summed E-state index contributed by atoms with van der Waals surface area (Å²) in [6.07, 6.45) is 4.52. The van der Waals surface area contributed by atoms with Crippen molar-refractivity contribution in [2.45, 2.75) is 6.92 Å². The Morgan fingerprint density at radius 2 is 2.00 bits per heavy atom. The Hall–Kier alpha value is -3.40. The van der Waals surface area contributed by atoms with E-state index >= 15 is 0 Å². The average molecular weight is 352 g/mol. The lowest BCUT2D eigenvalue weighted by atomic mass is 10.2. The second-order valence-corrected chi connectivity index (χ2v) is 5.69. The normalized spacial score (nSPS) is 13.8. The van der Waals surface area contributed by atoms with E-state index in [2.05, 4.69) is 30.1 Å². The van der Waals surface area contributed by atoms with Gasteiger partial charge in [-0.2, -0.15) is 5.10 Å². The van der Waals surface area contributed by atoms with Crippen molar-refractivity contribution in [3.05, 3.63) is 36.5 Å². The van der Waals surface area contributed by atoms with Crippen molar-refractivity contribution >= 4 is 23.2 Å². The topological polar surface area (TPSA) is 124 Å². The van der Waals surface area contributed by atoms with Crippen LogP contribution < -0.4 is 9.80 Å². The first-order valence-electron chi connectivity index (χ1n) is 8.02. The maximum Gasteiger partial charge on any atom is 0.248 e. The lowest BCUT2D eigenvalue weighted by Gasteiger charge is -2.35. The summed E-state index contributed by atoms with van der Waals surface area (Å²) in [7, 11) is 0. The lowest BCUT2D eigenvalue weighted by molar-refractivity contribution is -0.117. The zero-order valence-corrected chi connectivity index (χ0v) is 14.0. The summed E-state index contributed by atoms with van der Waals surface area (Å²) in [4.78, 5) is 33.1. The van der Waals surface area contributed by atoms with Crippen LogP contribution in [0.2, 0.25) is 0 Å². The molecule has 4 rings (SSSR count). The Labute approximate surface area is 148 Å². The van der Waals surface area contributed by atoms with E-state index in [0.29, 0.717) is 23.2 Å². The molecule has 3 aromatic rings. The molecule has 1 aliphatic heterocycles. The van der Waals surface area contributed by atoms with Gasteiger partial charge < -0.3 is 10.0 Å². The fourth-order valence-corrected chi connectivity index (χ4v) is 2.95. The smallest absolute Gasteiger partial charge is 0.248 e. The van der Waals surface area contributed by atoms with E-state index < -0.39 is 0 Å². The third-order valence-electron chi connectivity index (χ3n) is 4.10. The number of fused-ring (bicyclic) bond motifs is 1. The number of nitrogens with one attached hydrogen (secondary N) is 1. The summed E-state index contributed by atoms with van der Waals surface area (Å²) >= 11 is 0. The van der Waals surface area contributed by atoms with Crippen molar-refractivity contribution < 1.29 is 9.90 Å². The van der Waals surface area contributed by atoms with E-state index in [-0.39, 0.29) is 25.6 Å². The molecule has 0 unspecified atom stereocenters. The molecule has 0 aliphatic carbocycles. The molecule has 0 aromatic carbocycles. The van der Waals surface area contributed by atoms with E-state index in [1.165, 1.54) is 17.4 Å². The van der Waals surface area contributed by atoms with Crippen LogP contribution in [-0.2, 0) is 4.79 Å². The maximum atomic E-state index is 12.6. The van der Waals surface area contributed by atoms with Gasteiger partial charge in [-0.1, -0.05) is 0 Å². The van der Waals surface area contributed by atoms with E-state index in [4.69, 9.17) is 0 Å². The number of aromatic nitrogens is 6. The van der Waals surface area contributed by atoms with Gasteiger partial charge in [-0.3, -0.25) is 14.8 Å². The van der Waals surface area contributed by atoms with Crippen LogP contribution in [0.15, 0.2) is 30.9 Å². The Balaban J connectivity index is 1.76. The largest absolute Gasteiger partial charge is 0.395 e. The molecule has 0 bridgehead atoms. The molecule has 0 radical (unpaired) electrons. The van der Waals surface area contributed by atoms with Gasteiger partial charge in [0.25, 0.3) is 0 Å². The molecule has 1 amide bonds. The number of pyridine rings is 1. The van der Waals surface area contributed by atoms with Crippen LogP contribution in [-0.4, -0.2) is 60.8 Å².